The number of nitrogens with zero attached hydrogens (tertiary/aromatic N) is 1. The number of hydrogen-bond acceptors (Lipinski definition) is 3. The van der Waals surface area contributed by atoms with Gasteiger partial charge in [-0.3, -0.25) is 9.79 Å². The van der Waals surface area contributed by atoms with Crippen molar-refractivity contribution in [3.8, 4) is 5.75 Å². The highest BCUT2D eigenvalue weighted by atomic mass is 16.3. The number of aromatic hydroxyl groups is 1. The lowest BCUT2D eigenvalue weighted by Gasteiger charge is -2.12. The van der Waals surface area contributed by atoms with Gasteiger partial charge >= 0.3 is 0 Å². The van der Waals surface area contributed by atoms with Crippen LogP contribution in [0.25, 0.3) is 0 Å². The molecule has 0 radical (unpaired) electrons. The number of phenols is 1. The maximum atomic E-state index is 11.3. The molecule has 0 bridgehead atoms. The van der Waals surface area contributed by atoms with Crippen molar-refractivity contribution < 1.29 is 9.90 Å². The molecule has 0 spiro atoms. The first-order valence-electron chi connectivity index (χ1n) is 5.34. The molecule has 3 nitrogen and oxygen atoms in total. The summed E-state index contributed by atoms with van der Waals surface area (Å²) in [5, 5.41) is 9.52. The number of phenolic OH excluding ortho intramolecular Hbond substituents is 1. The smallest absolute Gasteiger partial charge is 0.154 e. The fourth-order valence-corrected chi connectivity index (χ4v) is 1.50. The van der Waals surface area contributed by atoms with Crippen molar-refractivity contribution in [2.24, 2.45) is 10.9 Å². The lowest BCUT2D eigenvalue weighted by molar-refractivity contribution is -0.118. The normalized spacial score (nSPS) is 13.2. The Hall–Kier alpha value is -1.64. The van der Waals surface area contributed by atoms with E-state index in [1.807, 2.05) is 19.9 Å². The molecule has 0 aliphatic heterocycles. The van der Waals surface area contributed by atoms with Gasteiger partial charge in [-0.05, 0) is 25.0 Å². The third-order valence-electron chi connectivity index (χ3n) is 2.36. The minimum Gasteiger partial charge on any atom is -0.507 e. The number of carbonyl (C=O) groups excluding carboxylic acids is 1. The van der Waals surface area contributed by atoms with Crippen LogP contribution < -0.4 is 0 Å². The molecule has 0 saturated carbocycles. The Bertz CT molecular complexity index is 397. The Morgan fingerprint density at radius 2 is 2.00 bits per heavy atom. The zero-order valence-corrected chi connectivity index (χ0v) is 9.84. The molecule has 1 atom stereocenters. The highest BCUT2D eigenvalue weighted by Crippen LogP contribution is 2.14. The molecule has 16 heavy (non-hydrogen) atoms. The Kier molecular flexibility index (Phi) is 4.23. The highest BCUT2D eigenvalue weighted by Gasteiger charge is 2.15. The molecule has 0 aliphatic rings. The van der Waals surface area contributed by atoms with Crippen LogP contribution in [-0.2, 0) is 4.79 Å². The molecular weight excluding hydrogens is 202 g/mol. The van der Waals surface area contributed by atoms with Crippen LogP contribution in [0.3, 0.4) is 0 Å². The molecule has 86 valence electrons. The molecule has 0 aromatic heterocycles. The average Bonchev–Trinajstić information content (AvgIpc) is 2.20. The van der Waals surface area contributed by atoms with Crippen LogP contribution in [-0.4, -0.2) is 23.1 Å². The molecule has 1 aromatic carbocycles. The zero-order chi connectivity index (χ0) is 12.1. The summed E-state index contributed by atoms with van der Waals surface area (Å²) in [6.45, 7) is 5.44. The lowest BCUT2D eigenvalue weighted by Crippen LogP contribution is -2.21. The number of ketones is 1. The highest BCUT2D eigenvalue weighted by molar-refractivity contribution is 5.88. The van der Waals surface area contributed by atoms with Crippen molar-refractivity contribution in [3.63, 3.8) is 0 Å². The molecule has 0 unspecified atom stereocenters. The van der Waals surface area contributed by atoms with E-state index in [4.69, 9.17) is 0 Å². The molecule has 0 saturated heterocycles. The number of Topliss-reactive ketones (excluding diaryl/α,β-unsaturated/α-hetero) is 1. The summed E-state index contributed by atoms with van der Waals surface area (Å²) in [6, 6.07) is 6.59. The Morgan fingerprint density at radius 3 is 2.50 bits per heavy atom. The zero-order valence-electron chi connectivity index (χ0n) is 9.84. The van der Waals surface area contributed by atoms with Crippen molar-refractivity contribution in [1.29, 1.82) is 0 Å². The predicted molar refractivity (Wildman–Crippen MR) is 65.0 cm³/mol. The van der Waals surface area contributed by atoms with Crippen LogP contribution in [0.4, 0.5) is 0 Å². The molecule has 0 aliphatic carbocycles. The van der Waals surface area contributed by atoms with E-state index in [9.17, 15) is 9.90 Å². The van der Waals surface area contributed by atoms with Crippen molar-refractivity contribution >= 4 is 12.0 Å². The van der Waals surface area contributed by atoms with Crippen LogP contribution in [0.2, 0.25) is 0 Å². The van der Waals surface area contributed by atoms with E-state index >= 15 is 0 Å². The van der Waals surface area contributed by atoms with Crippen LogP contribution in [0.1, 0.15) is 26.3 Å². The quantitative estimate of drug-likeness (QED) is 0.791. The van der Waals surface area contributed by atoms with E-state index in [0.717, 1.165) is 0 Å². The third-order valence-corrected chi connectivity index (χ3v) is 2.36. The minimum absolute atomic E-state index is 0.0432. The van der Waals surface area contributed by atoms with Crippen LogP contribution in [0.15, 0.2) is 29.3 Å². The van der Waals surface area contributed by atoms with Crippen molar-refractivity contribution in [3.05, 3.63) is 29.8 Å². The Labute approximate surface area is 95.8 Å². The number of rotatable bonds is 4. The van der Waals surface area contributed by atoms with Gasteiger partial charge in [0, 0.05) is 11.8 Å². The van der Waals surface area contributed by atoms with E-state index < -0.39 is 0 Å². The summed E-state index contributed by atoms with van der Waals surface area (Å²) in [7, 11) is 0. The van der Waals surface area contributed by atoms with E-state index in [2.05, 4.69) is 4.99 Å². The van der Waals surface area contributed by atoms with Gasteiger partial charge in [-0.2, -0.15) is 0 Å². The van der Waals surface area contributed by atoms with Crippen molar-refractivity contribution in [2.45, 2.75) is 26.8 Å². The van der Waals surface area contributed by atoms with Gasteiger partial charge in [-0.25, -0.2) is 0 Å². The largest absolute Gasteiger partial charge is 0.507 e. The van der Waals surface area contributed by atoms with E-state index in [0.29, 0.717) is 5.56 Å². The summed E-state index contributed by atoms with van der Waals surface area (Å²) in [6.07, 6.45) is 1.56. The molecule has 1 aromatic rings. The lowest BCUT2D eigenvalue weighted by atomic mass is 10.0. The number of aliphatic imine (C=N–C) groups is 1. The van der Waals surface area contributed by atoms with Crippen molar-refractivity contribution in [1.82, 2.24) is 0 Å². The molecule has 1 rings (SSSR count). The van der Waals surface area contributed by atoms with Gasteiger partial charge in [0.1, 0.15) is 11.8 Å². The summed E-state index contributed by atoms with van der Waals surface area (Å²) in [4.78, 5) is 15.5. The molecule has 3 heteroatoms. The monoisotopic (exact) mass is 219 g/mol. The second kappa shape index (κ2) is 5.45. The number of carbonyl (C=O) groups is 1. The van der Waals surface area contributed by atoms with Gasteiger partial charge in [0.15, 0.2) is 5.78 Å². The number of benzene rings is 1. The molecule has 1 N–H and O–H groups in total. The Balaban J connectivity index is 2.87. The number of hydrogen-bond donors (Lipinski definition) is 1. The maximum absolute atomic E-state index is 11.3. The first-order valence-corrected chi connectivity index (χ1v) is 5.34. The van der Waals surface area contributed by atoms with Gasteiger partial charge < -0.3 is 5.11 Å². The first kappa shape index (κ1) is 12.4. The van der Waals surface area contributed by atoms with Gasteiger partial charge in [-0.15, -0.1) is 0 Å². The van der Waals surface area contributed by atoms with Crippen LogP contribution in [0.5, 0.6) is 5.75 Å². The van der Waals surface area contributed by atoms with Crippen molar-refractivity contribution in [2.75, 3.05) is 0 Å². The molecule has 0 heterocycles. The molecular formula is C13H17NO2. The summed E-state index contributed by atoms with van der Waals surface area (Å²) in [5.41, 5.74) is 0.634. The summed E-state index contributed by atoms with van der Waals surface area (Å²) >= 11 is 0. The third kappa shape index (κ3) is 3.19. The summed E-state index contributed by atoms with van der Waals surface area (Å²) < 4.78 is 0. The molecule has 0 amide bonds. The first-order chi connectivity index (χ1) is 7.52. The van der Waals surface area contributed by atoms with E-state index in [1.165, 1.54) is 6.92 Å². The predicted octanol–water partition coefficient (Wildman–Crippen LogP) is 2.42. The van der Waals surface area contributed by atoms with E-state index in [-0.39, 0.29) is 23.5 Å². The second-order valence-corrected chi connectivity index (χ2v) is 4.14. The SMILES string of the molecule is CC(=O)[C@@H](/N=C/c1ccccc1O)C(C)C. The van der Waals surface area contributed by atoms with Gasteiger partial charge in [0.05, 0.1) is 0 Å². The molecule has 0 fully saturated rings. The fraction of sp³-hybridized carbons (Fsp3) is 0.385. The minimum atomic E-state index is -0.334. The van der Waals surface area contributed by atoms with Crippen LogP contribution >= 0.6 is 0 Å². The summed E-state index contributed by atoms with van der Waals surface area (Å²) in [5.74, 6) is 0.388. The maximum Gasteiger partial charge on any atom is 0.154 e. The average molecular weight is 219 g/mol. The second-order valence-electron chi connectivity index (χ2n) is 4.14. The topological polar surface area (TPSA) is 49.7 Å². The van der Waals surface area contributed by atoms with Gasteiger partial charge in [-0.1, -0.05) is 26.0 Å². The fourth-order valence-electron chi connectivity index (χ4n) is 1.50. The Morgan fingerprint density at radius 1 is 1.38 bits per heavy atom. The van der Waals surface area contributed by atoms with E-state index in [1.54, 1.807) is 24.4 Å². The number of para-hydroxylation sites is 1. The standard InChI is InChI=1S/C13H17NO2/c1-9(2)13(10(3)15)14-8-11-6-4-5-7-12(11)16/h4-9,13,16H,1-3H3/b14-8+/t13-/m0/s1. The van der Waals surface area contributed by atoms with Crippen LogP contribution in [0, 0.1) is 5.92 Å². The van der Waals surface area contributed by atoms with Gasteiger partial charge in [0.25, 0.3) is 0 Å². The van der Waals surface area contributed by atoms with Gasteiger partial charge in [0.2, 0.25) is 0 Å².